The molecule has 1 fully saturated rings. The van der Waals surface area contributed by atoms with E-state index < -0.39 is 11.7 Å². The summed E-state index contributed by atoms with van der Waals surface area (Å²) in [6, 6.07) is 2.96. The Morgan fingerprint density at radius 2 is 2.05 bits per heavy atom. The average Bonchev–Trinajstić information content (AvgIpc) is 2.32. The number of amides is 1. The van der Waals surface area contributed by atoms with E-state index >= 15 is 0 Å². The summed E-state index contributed by atoms with van der Waals surface area (Å²) in [6.07, 6.45) is -0.951. The second-order valence-electron chi connectivity index (χ2n) is 5.17. The van der Waals surface area contributed by atoms with E-state index in [9.17, 15) is 18.0 Å². The van der Waals surface area contributed by atoms with Crippen LogP contribution >= 0.6 is 12.2 Å². The number of rotatable bonds is 4. The van der Waals surface area contributed by atoms with Crippen molar-refractivity contribution in [2.45, 2.75) is 31.9 Å². The van der Waals surface area contributed by atoms with E-state index in [4.69, 9.17) is 18.0 Å². The predicted molar refractivity (Wildman–Crippen MR) is 77.9 cm³/mol. The highest BCUT2D eigenvalue weighted by Gasteiger charge is 2.31. The van der Waals surface area contributed by atoms with Crippen molar-refractivity contribution in [2.24, 2.45) is 11.7 Å². The maximum atomic E-state index is 12.7. The Hall–Kier alpha value is -1.63. The van der Waals surface area contributed by atoms with E-state index in [1.54, 1.807) is 0 Å². The van der Waals surface area contributed by atoms with E-state index in [1.165, 1.54) is 6.07 Å². The van der Waals surface area contributed by atoms with Crippen LogP contribution < -0.4 is 11.1 Å². The van der Waals surface area contributed by atoms with Crippen LogP contribution in [0.4, 0.5) is 18.9 Å². The van der Waals surface area contributed by atoms with Crippen LogP contribution in [0.15, 0.2) is 18.2 Å². The van der Waals surface area contributed by atoms with Gasteiger partial charge in [-0.3, -0.25) is 4.79 Å². The minimum absolute atomic E-state index is 0.0294. The van der Waals surface area contributed by atoms with Crippen molar-refractivity contribution < 1.29 is 18.0 Å². The molecule has 3 nitrogen and oxygen atoms in total. The molecule has 0 unspecified atom stereocenters. The number of nitrogens with one attached hydrogen (secondary N) is 1. The summed E-state index contributed by atoms with van der Waals surface area (Å²) in [5.41, 5.74) is 4.86. The van der Waals surface area contributed by atoms with E-state index in [2.05, 4.69) is 5.32 Å². The van der Waals surface area contributed by atoms with Gasteiger partial charge in [0.15, 0.2) is 0 Å². The summed E-state index contributed by atoms with van der Waals surface area (Å²) in [6.45, 7) is 0. The monoisotopic (exact) mass is 316 g/mol. The van der Waals surface area contributed by atoms with Crippen LogP contribution in [0, 0.1) is 5.92 Å². The van der Waals surface area contributed by atoms with Gasteiger partial charge in [-0.05, 0) is 37.0 Å². The molecule has 1 aliphatic rings. The Morgan fingerprint density at radius 1 is 1.38 bits per heavy atom. The first kappa shape index (κ1) is 15.8. The fourth-order valence-electron chi connectivity index (χ4n) is 2.19. The molecule has 0 spiro atoms. The van der Waals surface area contributed by atoms with Crippen LogP contribution in [0.3, 0.4) is 0 Å². The van der Waals surface area contributed by atoms with Crippen molar-refractivity contribution in [2.75, 3.05) is 5.32 Å². The first-order valence-electron chi connectivity index (χ1n) is 6.58. The first-order valence-corrected chi connectivity index (χ1v) is 6.99. The number of nitrogens with two attached hydrogens (primary N) is 1. The van der Waals surface area contributed by atoms with Crippen molar-refractivity contribution >= 4 is 28.8 Å². The topological polar surface area (TPSA) is 55.1 Å². The summed E-state index contributed by atoms with van der Waals surface area (Å²) in [7, 11) is 0. The van der Waals surface area contributed by atoms with Gasteiger partial charge in [0, 0.05) is 12.0 Å². The largest absolute Gasteiger partial charge is 0.416 e. The van der Waals surface area contributed by atoms with Crippen molar-refractivity contribution in [1.29, 1.82) is 0 Å². The summed E-state index contributed by atoms with van der Waals surface area (Å²) in [5, 5.41) is 2.60. The van der Waals surface area contributed by atoms with Crippen LogP contribution in [-0.2, 0) is 11.0 Å². The molecule has 3 N–H and O–H groups in total. The molecule has 0 atom stereocenters. The van der Waals surface area contributed by atoms with Crippen LogP contribution in [0.1, 0.15) is 36.8 Å². The van der Waals surface area contributed by atoms with Gasteiger partial charge in [-0.15, -0.1) is 0 Å². The highest BCUT2D eigenvalue weighted by atomic mass is 32.1. The second kappa shape index (κ2) is 6.01. The zero-order valence-electron chi connectivity index (χ0n) is 11.2. The van der Waals surface area contributed by atoms with Gasteiger partial charge < -0.3 is 11.1 Å². The molecule has 2 rings (SSSR count). The van der Waals surface area contributed by atoms with Crippen LogP contribution in [0.5, 0.6) is 0 Å². The van der Waals surface area contributed by atoms with E-state index in [1.807, 2.05) is 0 Å². The Labute approximate surface area is 125 Å². The third-order valence-electron chi connectivity index (χ3n) is 3.59. The van der Waals surface area contributed by atoms with Crippen LogP contribution in [0.25, 0.3) is 0 Å². The predicted octanol–water partition coefficient (Wildman–Crippen LogP) is 3.47. The summed E-state index contributed by atoms with van der Waals surface area (Å²) in [5.74, 6) is 0.143. The summed E-state index contributed by atoms with van der Waals surface area (Å²) >= 11 is 4.77. The third kappa shape index (κ3) is 3.93. The highest BCUT2D eigenvalue weighted by Crippen LogP contribution is 2.33. The summed E-state index contributed by atoms with van der Waals surface area (Å²) < 4.78 is 38.0. The van der Waals surface area contributed by atoms with Gasteiger partial charge in [-0.2, -0.15) is 13.2 Å². The molecule has 0 aliphatic heterocycles. The zero-order chi connectivity index (χ0) is 15.6. The molecule has 1 saturated carbocycles. The molecule has 7 heteroatoms. The maximum Gasteiger partial charge on any atom is 0.416 e. The van der Waals surface area contributed by atoms with Crippen LogP contribution in [-0.4, -0.2) is 10.9 Å². The van der Waals surface area contributed by atoms with Gasteiger partial charge in [-0.25, -0.2) is 0 Å². The molecule has 1 amide bonds. The number of alkyl halides is 3. The highest BCUT2D eigenvalue weighted by molar-refractivity contribution is 7.80. The molecule has 0 radical (unpaired) electrons. The van der Waals surface area contributed by atoms with Crippen LogP contribution in [0.2, 0.25) is 0 Å². The van der Waals surface area contributed by atoms with Crippen molar-refractivity contribution in [1.82, 2.24) is 0 Å². The molecule has 1 aromatic rings. The average molecular weight is 316 g/mol. The van der Waals surface area contributed by atoms with Crippen molar-refractivity contribution in [3.05, 3.63) is 29.3 Å². The summed E-state index contributed by atoms with van der Waals surface area (Å²) in [4.78, 5) is 11.7. The van der Waals surface area contributed by atoms with Crippen molar-refractivity contribution in [3.63, 3.8) is 0 Å². The Bertz CT molecular complexity index is 568. The maximum absolute atomic E-state index is 12.7. The Balaban J connectivity index is 2.18. The third-order valence-corrected chi connectivity index (χ3v) is 3.81. The number of benzene rings is 1. The molecule has 1 aliphatic carbocycles. The molecule has 1 aromatic carbocycles. The quantitative estimate of drug-likeness (QED) is 0.836. The number of hydrogen-bond acceptors (Lipinski definition) is 2. The van der Waals surface area contributed by atoms with E-state index in [0.29, 0.717) is 12.3 Å². The van der Waals surface area contributed by atoms with Gasteiger partial charge in [0.25, 0.3) is 0 Å². The number of anilines is 1. The molecule has 0 heterocycles. The minimum Gasteiger partial charge on any atom is -0.389 e. The molecule has 114 valence electrons. The molecule has 0 bridgehead atoms. The second-order valence-corrected chi connectivity index (χ2v) is 5.61. The minimum atomic E-state index is -4.48. The molecule has 0 saturated heterocycles. The van der Waals surface area contributed by atoms with E-state index in [-0.39, 0.29) is 22.1 Å². The van der Waals surface area contributed by atoms with Gasteiger partial charge in [0.1, 0.15) is 4.99 Å². The molecule has 0 aromatic heterocycles. The number of halogens is 3. The fourth-order valence-corrected chi connectivity index (χ4v) is 2.36. The van der Waals surface area contributed by atoms with Crippen molar-refractivity contribution in [3.8, 4) is 0 Å². The Kier molecular flexibility index (Phi) is 4.51. The van der Waals surface area contributed by atoms with Gasteiger partial charge >= 0.3 is 6.18 Å². The standard InChI is InChI=1S/C14H15F3N2OS/c15-14(16,17)9-4-5-11(10(7-9)13(18)21)19-12(20)6-8-2-1-3-8/h4-5,7-8H,1-3,6H2,(H2,18,21)(H,19,20). The lowest BCUT2D eigenvalue weighted by atomic mass is 9.83. The number of carbonyl (C=O) groups is 1. The molecule has 21 heavy (non-hydrogen) atoms. The van der Waals surface area contributed by atoms with E-state index in [0.717, 1.165) is 31.4 Å². The lowest BCUT2D eigenvalue weighted by Gasteiger charge is -2.24. The van der Waals surface area contributed by atoms with Gasteiger partial charge in [0.2, 0.25) is 5.91 Å². The Morgan fingerprint density at radius 3 is 2.52 bits per heavy atom. The first-order chi connectivity index (χ1) is 9.77. The normalized spacial score (nSPS) is 15.4. The molecular weight excluding hydrogens is 301 g/mol. The number of thiocarbonyl (C=S) groups is 1. The van der Waals surface area contributed by atoms with Gasteiger partial charge in [-0.1, -0.05) is 18.6 Å². The fraction of sp³-hybridized carbons (Fsp3) is 0.429. The number of carbonyl (C=O) groups excluding carboxylic acids is 1. The van der Waals surface area contributed by atoms with Gasteiger partial charge in [0.05, 0.1) is 11.3 Å². The lowest BCUT2D eigenvalue weighted by Crippen LogP contribution is -2.23. The lowest BCUT2D eigenvalue weighted by molar-refractivity contribution is -0.137. The SMILES string of the molecule is NC(=S)c1cc(C(F)(F)F)ccc1NC(=O)CC1CCC1. The zero-order valence-corrected chi connectivity index (χ0v) is 12.0. The number of hydrogen-bond donors (Lipinski definition) is 2. The molecular formula is C14H15F3N2OS. The smallest absolute Gasteiger partial charge is 0.389 e.